The summed E-state index contributed by atoms with van der Waals surface area (Å²) in [7, 11) is 2.22. The van der Waals surface area contributed by atoms with Crippen molar-refractivity contribution < 1.29 is 25.6 Å². The fourth-order valence-corrected chi connectivity index (χ4v) is 1.68. The van der Waals surface area contributed by atoms with E-state index in [0.717, 1.165) is 23.1 Å². The Morgan fingerprint density at radius 1 is 1.04 bits per heavy atom. The quantitative estimate of drug-likeness (QED) is 0.401. The molecule has 0 saturated heterocycles. The van der Waals surface area contributed by atoms with Gasteiger partial charge in [0, 0.05) is 27.8 Å². The Morgan fingerprint density at radius 3 is 2.35 bits per heavy atom. The van der Waals surface area contributed by atoms with E-state index in [1.54, 1.807) is 6.20 Å². The largest absolute Gasteiger partial charge is 2.00 e. The van der Waals surface area contributed by atoms with Gasteiger partial charge in [0.15, 0.2) is 0 Å². The van der Waals surface area contributed by atoms with Gasteiger partial charge in [-0.2, -0.15) is 48.5 Å². The second-order valence-electron chi connectivity index (χ2n) is 3.97. The van der Waals surface area contributed by atoms with E-state index in [4.69, 9.17) is 4.52 Å². The molecule has 0 amide bonds. The summed E-state index contributed by atoms with van der Waals surface area (Å²) in [5, 5.41) is 0. The van der Waals surface area contributed by atoms with Gasteiger partial charge in [-0.3, -0.25) is 4.98 Å². The maximum absolute atomic E-state index is 4.90. The summed E-state index contributed by atoms with van der Waals surface area (Å²) >= 11 is 0. The van der Waals surface area contributed by atoms with Crippen LogP contribution in [0, 0.1) is 12.1 Å². The Morgan fingerprint density at radius 2 is 1.78 bits per heavy atom. The maximum atomic E-state index is 4.90. The molecule has 1 unspecified atom stereocenters. The number of hydrogen-bond acceptors (Lipinski definition) is 3. The van der Waals surface area contributed by atoms with E-state index < -0.39 is 0 Å². The Labute approximate surface area is 155 Å². The second kappa shape index (κ2) is 14.5. The van der Waals surface area contributed by atoms with Crippen molar-refractivity contribution in [1.29, 1.82) is 0 Å². The van der Waals surface area contributed by atoms with Gasteiger partial charge in [0.2, 0.25) is 0 Å². The van der Waals surface area contributed by atoms with Crippen LogP contribution in [0.2, 0.25) is 0 Å². The molecule has 2 aromatic carbocycles. The molecule has 23 heavy (non-hydrogen) atoms. The van der Waals surface area contributed by atoms with Crippen LogP contribution in [-0.4, -0.2) is 16.6 Å². The van der Waals surface area contributed by atoms with Gasteiger partial charge in [-0.05, 0) is 11.0 Å². The molecule has 0 radical (unpaired) electrons. The van der Waals surface area contributed by atoms with Crippen molar-refractivity contribution >= 4 is 20.5 Å². The van der Waals surface area contributed by atoms with Gasteiger partial charge in [-0.15, -0.1) is 12.1 Å². The SMILES string of the molecule is CC.POCCc1cnc2cc[c-]cc2n1.[W+2].[c-]1ccccc1. The fraction of sp³-hybridized carbons (Fsp3) is 0.222. The Kier molecular flexibility index (Phi) is 13.7. The van der Waals surface area contributed by atoms with Gasteiger partial charge < -0.3 is 9.51 Å². The Bertz CT molecular complexity index is 611. The van der Waals surface area contributed by atoms with Gasteiger partial charge in [-0.25, -0.2) is 0 Å². The average molecular weight is 496 g/mol. The third-order valence-electron chi connectivity index (χ3n) is 2.52. The van der Waals surface area contributed by atoms with Crippen molar-refractivity contribution in [3.63, 3.8) is 0 Å². The molecule has 1 atom stereocenters. The second-order valence-corrected chi connectivity index (χ2v) is 4.31. The summed E-state index contributed by atoms with van der Waals surface area (Å²) in [4.78, 5) is 8.72. The van der Waals surface area contributed by atoms with Crippen LogP contribution in [0.1, 0.15) is 19.5 Å². The van der Waals surface area contributed by atoms with Crippen molar-refractivity contribution in [2.75, 3.05) is 6.61 Å². The van der Waals surface area contributed by atoms with E-state index in [-0.39, 0.29) is 21.1 Å². The molecule has 3 nitrogen and oxygen atoms in total. The van der Waals surface area contributed by atoms with Gasteiger partial charge in [0.1, 0.15) is 0 Å². The van der Waals surface area contributed by atoms with Crippen molar-refractivity contribution in [2.45, 2.75) is 20.3 Å². The predicted octanol–water partition coefficient (Wildman–Crippen LogP) is 4.29. The first kappa shape index (κ1) is 21.9. The van der Waals surface area contributed by atoms with Crippen LogP contribution in [-0.2, 0) is 32.0 Å². The summed E-state index contributed by atoms with van der Waals surface area (Å²) in [5.74, 6) is 0. The Balaban J connectivity index is 0.000000455. The molecule has 120 valence electrons. The molecule has 0 fully saturated rings. The van der Waals surface area contributed by atoms with Crippen molar-refractivity contribution in [3.8, 4) is 0 Å². The predicted molar refractivity (Wildman–Crippen MR) is 94.4 cm³/mol. The van der Waals surface area contributed by atoms with Crippen LogP contribution in [0.25, 0.3) is 11.0 Å². The first-order valence-electron chi connectivity index (χ1n) is 7.24. The summed E-state index contributed by atoms with van der Waals surface area (Å²) in [6, 6.07) is 21.1. The number of aromatic nitrogens is 2. The third-order valence-corrected chi connectivity index (χ3v) is 2.76. The van der Waals surface area contributed by atoms with E-state index >= 15 is 0 Å². The molecule has 0 aliphatic carbocycles. The number of benzene rings is 2. The number of rotatable bonds is 3. The van der Waals surface area contributed by atoms with Crippen LogP contribution in [0.4, 0.5) is 0 Å². The van der Waals surface area contributed by atoms with Crippen LogP contribution < -0.4 is 0 Å². The van der Waals surface area contributed by atoms with E-state index in [2.05, 4.69) is 31.6 Å². The first-order chi connectivity index (χ1) is 10.9. The summed E-state index contributed by atoms with van der Waals surface area (Å²) in [6.45, 7) is 4.64. The minimum atomic E-state index is 0. The van der Waals surface area contributed by atoms with Gasteiger partial charge in [-0.1, -0.05) is 13.8 Å². The van der Waals surface area contributed by atoms with E-state index in [1.807, 2.05) is 62.4 Å². The molecule has 1 aromatic heterocycles. The smallest absolute Gasteiger partial charge is 0.365 e. The van der Waals surface area contributed by atoms with Crippen LogP contribution >= 0.6 is 9.47 Å². The molecule has 0 aliphatic heterocycles. The first-order valence-corrected chi connectivity index (χ1v) is 7.72. The molecule has 0 spiro atoms. The molecule has 5 heteroatoms. The molecule has 0 saturated carbocycles. The summed E-state index contributed by atoms with van der Waals surface area (Å²) in [6.07, 6.45) is 2.56. The van der Waals surface area contributed by atoms with E-state index in [1.165, 1.54) is 0 Å². The molecule has 3 rings (SSSR count). The molecular formula is C18H21N2OPW. The zero-order chi connectivity index (χ0) is 16.0. The van der Waals surface area contributed by atoms with E-state index in [9.17, 15) is 0 Å². The van der Waals surface area contributed by atoms with Gasteiger partial charge >= 0.3 is 21.1 Å². The molecular weight excluding hydrogens is 475 g/mol. The summed E-state index contributed by atoms with van der Waals surface area (Å²) < 4.78 is 4.90. The number of hydrogen-bond donors (Lipinski definition) is 0. The monoisotopic (exact) mass is 496 g/mol. The van der Waals surface area contributed by atoms with Crippen molar-refractivity contribution in [2.24, 2.45) is 0 Å². The minimum absolute atomic E-state index is 0. The molecule has 0 N–H and O–H groups in total. The minimum Gasteiger partial charge on any atom is -0.365 e. The number of fused-ring (bicyclic) bond motifs is 1. The molecule has 1 heterocycles. The van der Waals surface area contributed by atoms with Crippen molar-refractivity contribution in [3.05, 3.63) is 72.6 Å². The summed E-state index contributed by atoms with van der Waals surface area (Å²) in [5.41, 5.74) is 2.73. The maximum Gasteiger partial charge on any atom is 2.00 e. The van der Waals surface area contributed by atoms with Crippen LogP contribution in [0.3, 0.4) is 0 Å². The van der Waals surface area contributed by atoms with Crippen LogP contribution in [0.5, 0.6) is 0 Å². The van der Waals surface area contributed by atoms with Crippen molar-refractivity contribution in [1.82, 2.24) is 9.97 Å². The fourth-order valence-electron chi connectivity index (χ4n) is 1.57. The molecule has 3 aromatic rings. The number of nitrogens with zero attached hydrogens (tertiary/aromatic N) is 2. The topological polar surface area (TPSA) is 35.0 Å². The molecule has 0 bridgehead atoms. The van der Waals surface area contributed by atoms with Gasteiger partial charge in [0.25, 0.3) is 0 Å². The van der Waals surface area contributed by atoms with Crippen LogP contribution in [0.15, 0.2) is 54.7 Å². The standard InChI is InChI=1S/C10H10N2OP.C6H5.C2H6.W/c14-13-6-5-8-7-11-9-3-1-2-4-10(9)12-8;1-2-4-6-5-3-1;1-2;/h1,3-4,7H,5-6,14H2;1-5H;1-2H3;/q2*-1;;+2. The average Bonchev–Trinajstić information content (AvgIpc) is 2.63. The zero-order valence-corrected chi connectivity index (χ0v) is 17.5. The third kappa shape index (κ3) is 8.91. The van der Waals surface area contributed by atoms with E-state index in [0.29, 0.717) is 6.61 Å². The normalized spacial score (nSPS) is 8.83. The molecule has 0 aliphatic rings. The zero-order valence-electron chi connectivity index (χ0n) is 13.4. The Hall–Kier alpha value is -1.14. The van der Waals surface area contributed by atoms with Gasteiger partial charge in [0.05, 0.1) is 6.61 Å².